The molecule has 34 heavy (non-hydrogen) atoms. The molecule has 1 atom stereocenters. The molecule has 174 valence electrons. The normalized spacial score (nSPS) is 12.2. The number of para-hydroxylation sites is 1. The third kappa shape index (κ3) is 5.38. The molecule has 0 aliphatic heterocycles. The van der Waals surface area contributed by atoms with Gasteiger partial charge in [-0.2, -0.15) is 0 Å². The largest absolute Gasteiger partial charge is 0.481 e. The minimum atomic E-state index is -3.75. The average molecular weight is 475 g/mol. The van der Waals surface area contributed by atoms with Gasteiger partial charge >= 0.3 is 0 Å². The molecule has 7 heteroatoms. The van der Waals surface area contributed by atoms with E-state index in [1.165, 1.54) is 12.1 Å². The maximum Gasteiger partial charge on any atom is 0.265 e. The summed E-state index contributed by atoms with van der Waals surface area (Å²) in [6, 6.07) is 26.9. The summed E-state index contributed by atoms with van der Waals surface area (Å²) in [4.78, 5) is 12.9. The van der Waals surface area contributed by atoms with Crippen LogP contribution < -0.4 is 14.8 Å². The Morgan fingerprint density at radius 3 is 2.26 bits per heavy atom. The Morgan fingerprint density at radius 2 is 1.56 bits per heavy atom. The first kappa shape index (κ1) is 23.3. The third-order valence-corrected chi connectivity index (χ3v) is 6.87. The van der Waals surface area contributed by atoms with Crippen molar-refractivity contribution in [3.05, 3.63) is 96.6 Å². The van der Waals surface area contributed by atoms with Crippen molar-refractivity contribution in [3.63, 3.8) is 0 Å². The molecule has 4 aromatic carbocycles. The molecule has 0 aromatic heterocycles. The van der Waals surface area contributed by atoms with E-state index in [0.29, 0.717) is 23.5 Å². The van der Waals surface area contributed by atoms with Crippen LogP contribution in [0.1, 0.15) is 18.9 Å². The van der Waals surface area contributed by atoms with E-state index in [1.54, 1.807) is 24.3 Å². The summed E-state index contributed by atoms with van der Waals surface area (Å²) < 4.78 is 34.0. The predicted molar refractivity (Wildman–Crippen MR) is 136 cm³/mol. The lowest BCUT2D eigenvalue weighted by molar-refractivity contribution is -0.122. The lowest BCUT2D eigenvalue weighted by atomic mass is 10.1. The highest BCUT2D eigenvalue weighted by atomic mass is 32.2. The monoisotopic (exact) mass is 474 g/mol. The second-order valence-corrected chi connectivity index (χ2v) is 9.64. The Kier molecular flexibility index (Phi) is 6.84. The Hall–Kier alpha value is -3.84. The maximum atomic E-state index is 12.8. The lowest BCUT2D eigenvalue weighted by Crippen LogP contribution is -2.32. The molecule has 4 aromatic rings. The van der Waals surface area contributed by atoms with Crippen molar-refractivity contribution in [2.45, 2.75) is 31.3 Å². The minimum absolute atomic E-state index is 0.105. The summed E-state index contributed by atoms with van der Waals surface area (Å²) >= 11 is 0. The summed E-state index contributed by atoms with van der Waals surface area (Å²) in [5.74, 6) is 0.314. The summed E-state index contributed by atoms with van der Waals surface area (Å²) in [7, 11) is -3.75. The van der Waals surface area contributed by atoms with Crippen LogP contribution in [0.2, 0.25) is 0 Å². The van der Waals surface area contributed by atoms with E-state index >= 15 is 0 Å². The Labute approximate surface area is 199 Å². The Balaban J connectivity index is 1.43. The van der Waals surface area contributed by atoms with Crippen molar-refractivity contribution in [2.24, 2.45) is 0 Å². The summed E-state index contributed by atoms with van der Waals surface area (Å²) in [6.07, 6.45) is -0.210. The quantitative estimate of drug-likeness (QED) is 0.341. The molecule has 6 nitrogen and oxygen atoms in total. The molecule has 0 bridgehead atoms. The van der Waals surface area contributed by atoms with E-state index in [0.717, 1.165) is 16.3 Å². The standard InChI is InChI=1S/C27H26N2O4S/c1-3-26(33-23-15-12-20-9-5-6-10-21(20)18-23)27(30)28-22-13-16-24(17-14-22)34(31,32)29-25-11-7-4-8-19(25)2/h4-18,26,29H,3H2,1-2H3,(H,28,30)/t26-/m0/s1. The Morgan fingerprint density at radius 1 is 0.882 bits per heavy atom. The van der Waals surface area contributed by atoms with Gasteiger partial charge in [-0.25, -0.2) is 8.42 Å². The van der Waals surface area contributed by atoms with Crippen LogP contribution in [0.5, 0.6) is 5.75 Å². The summed E-state index contributed by atoms with van der Waals surface area (Å²) in [6.45, 7) is 3.71. The van der Waals surface area contributed by atoms with E-state index in [-0.39, 0.29) is 10.8 Å². The smallest absolute Gasteiger partial charge is 0.265 e. The molecule has 0 aliphatic carbocycles. The summed E-state index contributed by atoms with van der Waals surface area (Å²) in [5.41, 5.74) is 1.84. The van der Waals surface area contributed by atoms with Crippen molar-refractivity contribution < 1.29 is 17.9 Å². The molecule has 1 amide bonds. The van der Waals surface area contributed by atoms with Crippen LogP contribution >= 0.6 is 0 Å². The van der Waals surface area contributed by atoms with Gasteiger partial charge in [0.05, 0.1) is 10.6 Å². The van der Waals surface area contributed by atoms with Crippen molar-refractivity contribution in [2.75, 3.05) is 10.0 Å². The average Bonchev–Trinajstić information content (AvgIpc) is 2.84. The lowest BCUT2D eigenvalue weighted by Gasteiger charge is -2.18. The molecule has 0 fully saturated rings. The molecule has 2 N–H and O–H groups in total. The van der Waals surface area contributed by atoms with Gasteiger partial charge in [-0.15, -0.1) is 0 Å². The van der Waals surface area contributed by atoms with Crippen LogP contribution in [-0.4, -0.2) is 20.4 Å². The number of hydrogen-bond donors (Lipinski definition) is 2. The summed E-state index contributed by atoms with van der Waals surface area (Å²) in [5, 5.41) is 4.94. The molecule has 0 spiro atoms. The van der Waals surface area contributed by atoms with Gasteiger partial charge in [0.2, 0.25) is 0 Å². The fraction of sp³-hybridized carbons (Fsp3) is 0.148. The highest BCUT2D eigenvalue weighted by Gasteiger charge is 2.20. The van der Waals surface area contributed by atoms with Crippen molar-refractivity contribution >= 4 is 38.1 Å². The topological polar surface area (TPSA) is 84.5 Å². The maximum absolute atomic E-state index is 12.8. The molecule has 0 saturated carbocycles. The number of carbonyl (C=O) groups is 1. The van der Waals surface area contributed by atoms with Crippen molar-refractivity contribution in [1.82, 2.24) is 0 Å². The van der Waals surface area contributed by atoms with E-state index in [1.807, 2.05) is 68.4 Å². The van der Waals surface area contributed by atoms with E-state index in [2.05, 4.69) is 10.0 Å². The zero-order valence-corrected chi connectivity index (χ0v) is 19.8. The van der Waals surface area contributed by atoms with E-state index in [9.17, 15) is 13.2 Å². The number of amides is 1. The van der Waals surface area contributed by atoms with Gasteiger partial charge < -0.3 is 10.1 Å². The van der Waals surface area contributed by atoms with Crippen LogP contribution in [0.4, 0.5) is 11.4 Å². The second-order valence-electron chi connectivity index (χ2n) is 7.96. The van der Waals surface area contributed by atoms with Crippen LogP contribution in [-0.2, 0) is 14.8 Å². The van der Waals surface area contributed by atoms with Crippen LogP contribution in [0.15, 0.2) is 95.9 Å². The minimum Gasteiger partial charge on any atom is -0.481 e. The molecule has 0 aliphatic rings. The number of aryl methyl sites for hydroxylation is 1. The van der Waals surface area contributed by atoms with Crippen molar-refractivity contribution in [1.29, 1.82) is 0 Å². The van der Waals surface area contributed by atoms with Gasteiger partial charge in [-0.3, -0.25) is 9.52 Å². The van der Waals surface area contributed by atoms with Gasteiger partial charge in [-0.05, 0) is 72.1 Å². The number of benzene rings is 4. The fourth-order valence-electron chi connectivity index (χ4n) is 3.56. The Bertz CT molecular complexity index is 1420. The molecule has 0 saturated heterocycles. The molecule has 0 heterocycles. The van der Waals surface area contributed by atoms with E-state index in [4.69, 9.17) is 4.74 Å². The highest BCUT2D eigenvalue weighted by molar-refractivity contribution is 7.92. The van der Waals surface area contributed by atoms with E-state index < -0.39 is 16.1 Å². The first-order valence-electron chi connectivity index (χ1n) is 11.0. The predicted octanol–water partition coefficient (Wildman–Crippen LogP) is 5.75. The highest BCUT2D eigenvalue weighted by Crippen LogP contribution is 2.23. The van der Waals surface area contributed by atoms with Gasteiger partial charge in [-0.1, -0.05) is 55.5 Å². The van der Waals surface area contributed by atoms with Crippen molar-refractivity contribution in [3.8, 4) is 5.75 Å². The van der Waals surface area contributed by atoms with Gasteiger partial charge in [0.25, 0.3) is 15.9 Å². The van der Waals surface area contributed by atoms with Crippen LogP contribution in [0.3, 0.4) is 0 Å². The molecular weight excluding hydrogens is 448 g/mol. The number of fused-ring (bicyclic) bond motifs is 1. The third-order valence-electron chi connectivity index (χ3n) is 5.48. The zero-order valence-electron chi connectivity index (χ0n) is 19.0. The number of nitrogens with one attached hydrogen (secondary N) is 2. The van der Waals surface area contributed by atoms with Gasteiger partial charge in [0.1, 0.15) is 5.75 Å². The first-order valence-corrected chi connectivity index (χ1v) is 12.5. The van der Waals surface area contributed by atoms with Gasteiger partial charge in [0, 0.05) is 5.69 Å². The number of hydrogen-bond acceptors (Lipinski definition) is 4. The number of rotatable bonds is 8. The second kappa shape index (κ2) is 9.97. The zero-order chi connectivity index (χ0) is 24.1. The molecule has 4 rings (SSSR count). The molecular formula is C27H26N2O4S. The molecule has 0 radical (unpaired) electrons. The van der Waals surface area contributed by atoms with Crippen LogP contribution in [0.25, 0.3) is 10.8 Å². The first-order chi connectivity index (χ1) is 16.4. The van der Waals surface area contributed by atoms with Crippen LogP contribution in [0, 0.1) is 6.92 Å². The fourth-order valence-corrected chi connectivity index (χ4v) is 4.69. The van der Waals surface area contributed by atoms with Gasteiger partial charge in [0.15, 0.2) is 6.10 Å². The number of anilines is 2. The number of carbonyl (C=O) groups excluding carboxylic acids is 1. The SMILES string of the molecule is CC[C@H](Oc1ccc2ccccc2c1)C(=O)Nc1ccc(S(=O)(=O)Nc2ccccc2C)cc1. The number of sulfonamides is 1. The number of ether oxygens (including phenoxy) is 1. The molecule has 0 unspecified atom stereocenters.